The molecule has 0 radical (unpaired) electrons. The summed E-state index contributed by atoms with van der Waals surface area (Å²) in [6, 6.07) is 10.7. The van der Waals surface area contributed by atoms with E-state index in [2.05, 4.69) is 17.5 Å². The fourth-order valence-electron chi connectivity index (χ4n) is 4.49. The predicted octanol–water partition coefficient (Wildman–Crippen LogP) is 4.86. The van der Waals surface area contributed by atoms with Crippen molar-refractivity contribution in [1.29, 1.82) is 0 Å². The number of carbonyl (C=O) groups is 2. The lowest BCUT2D eigenvalue weighted by atomic mass is 9.93. The van der Waals surface area contributed by atoms with Crippen LogP contribution in [0.5, 0.6) is 5.75 Å². The van der Waals surface area contributed by atoms with Gasteiger partial charge in [-0.2, -0.15) is 0 Å². The molecule has 1 N–H and O–H groups in total. The number of benzene rings is 2. The molecule has 2 aromatic carbocycles. The van der Waals surface area contributed by atoms with E-state index < -0.39 is 0 Å². The number of ether oxygens (including phenoxy) is 1. The molecule has 1 fully saturated rings. The number of amides is 1. The van der Waals surface area contributed by atoms with E-state index >= 15 is 0 Å². The molecule has 4 nitrogen and oxygen atoms in total. The molecule has 0 bridgehead atoms. The van der Waals surface area contributed by atoms with E-state index in [1.807, 2.05) is 24.3 Å². The Bertz CT molecular complexity index is 1040. The zero-order chi connectivity index (χ0) is 21.4. The van der Waals surface area contributed by atoms with Crippen LogP contribution in [0.15, 0.2) is 48.6 Å². The maximum Gasteiger partial charge on any atom is 0.223 e. The number of nitrogens with one attached hydrogen (secondary N) is 1. The molecule has 2 aromatic rings. The van der Waals surface area contributed by atoms with Gasteiger partial charge in [0.05, 0.1) is 6.54 Å². The molecule has 1 amide bonds. The molecule has 5 rings (SSSR count). The number of rotatable bonds is 6. The normalized spacial score (nSPS) is 22.0. The molecule has 160 valence electrons. The van der Waals surface area contributed by atoms with Gasteiger partial charge in [-0.05, 0) is 49.8 Å². The van der Waals surface area contributed by atoms with Gasteiger partial charge in [0.15, 0.2) is 5.78 Å². The highest BCUT2D eigenvalue weighted by Gasteiger charge is 2.31. The van der Waals surface area contributed by atoms with Crippen molar-refractivity contribution in [3.63, 3.8) is 0 Å². The largest absolute Gasteiger partial charge is 0.487 e. The van der Waals surface area contributed by atoms with Crippen molar-refractivity contribution in [3.8, 4) is 16.9 Å². The average molecular weight is 419 g/mol. The van der Waals surface area contributed by atoms with Gasteiger partial charge in [-0.1, -0.05) is 36.4 Å². The Balaban J connectivity index is 1.29. The third-order valence-corrected chi connectivity index (χ3v) is 6.49. The second-order valence-corrected chi connectivity index (χ2v) is 8.79. The summed E-state index contributed by atoms with van der Waals surface area (Å²) in [7, 11) is 0. The van der Waals surface area contributed by atoms with Crippen LogP contribution in [0, 0.1) is 17.7 Å². The standard InChI is InChI=1S/C26H26FNO3/c27-23-13-12-21(16-6-8-17(9-7-16)24(29)18-10-11-18)25-22(23)14-20(31-25)15-28-26(30)19-4-2-1-3-5-19/h1-2,6-9,12-13,18-20H,3-5,10-11,14-15H2,(H,28,30). The molecule has 0 saturated heterocycles. The first kappa shape index (κ1) is 20.0. The van der Waals surface area contributed by atoms with Crippen LogP contribution in [0.25, 0.3) is 11.1 Å². The molecule has 1 saturated carbocycles. The Kier molecular flexibility index (Phi) is 5.34. The van der Waals surface area contributed by atoms with Crippen LogP contribution in [0.3, 0.4) is 0 Å². The maximum absolute atomic E-state index is 14.5. The van der Waals surface area contributed by atoms with Crippen LogP contribution in [0.4, 0.5) is 4.39 Å². The molecule has 2 atom stereocenters. The minimum absolute atomic E-state index is 0.0120. The fourth-order valence-corrected chi connectivity index (χ4v) is 4.49. The highest BCUT2D eigenvalue weighted by molar-refractivity contribution is 5.99. The van der Waals surface area contributed by atoms with Gasteiger partial charge < -0.3 is 10.1 Å². The van der Waals surface area contributed by atoms with Gasteiger partial charge in [-0.3, -0.25) is 9.59 Å². The lowest BCUT2D eigenvalue weighted by Crippen LogP contribution is -2.38. The van der Waals surface area contributed by atoms with Crippen molar-refractivity contribution < 1.29 is 18.7 Å². The Labute approximate surface area is 181 Å². The minimum atomic E-state index is -0.288. The van der Waals surface area contributed by atoms with Gasteiger partial charge in [-0.15, -0.1) is 0 Å². The van der Waals surface area contributed by atoms with Gasteiger partial charge in [0.25, 0.3) is 0 Å². The van der Waals surface area contributed by atoms with Crippen LogP contribution in [0.2, 0.25) is 0 Å². The molecular weight excluding hydrogens is 393 g/mol. The first-order valence-electron chi connectivity index (χ1n) is 11.2. The van der Waals surface area contributed by atoms with E-state index in [-0.39, 0.29) is 35.4 Å². The summed E-state index contributed by atoms with van der Waals surface area (Å²) in [6.07, 6.45) is 8.84. The highest BCUT2D eigenvalue weighted by Crippen LogP contribution is 2.40. The quantitative estimate of drug-likeness (QED) is 0.537. The molecule has 2 aliphatic carbocycles. The summed E-state index contributed by atoms with van der Waals surface area (Å²) < 4.78 is 20.6. The highest BCUT2D eigenvalue weighted by atomic mass is 19.1. The summed E-state index contributed by atoms with van der Waals surface area (Å²) >= 11 is 0. The van der Waals surface area contributed by atoms with E-state index in [1.165, 1.54) is 6.07 Å². The molecule has 5 heteroatoms. The summed E-state index contributed by atoms with van der Waals surface area (Å²) in [5.41, 5.74) is 2.98. The van der Waals surface area contributed by atoms with Gasteiger partial charge in [-0.25, -0.2) is 4.39 Å². The van der Waals surface area contributed by atoms with Gasteiger partial charge in [0.1, 0.15) is 17.7 Å². The van der Waals surface area contributed by atoms with E-state index in [0.29, 0.717) is 24.3 Å². The van der Waals surface area contributed by atoms with Gasteiger partial charge in [0, 0.05) is 34.9 Å². The number of ketones is 1. The number of hydrogen-bond donors (Lipinski definition) is 1. The van der Waals surface area contributed by atoms with Crippen molar-refractivity contribution in [3.05, 3.63) is 65.5 Å². The van der Waals surface area contributed by atoms with Gasteiger partial charge in [0.2, 0.25) is 5.91 Å². The van der Waals surface area contributed by atoms with Crippen molar-refractivity contribution in [1.82, 2.24) is 5.32 Å². The van der Waals surface area contributed by atoms with Crippen molar-refractivity contribution in [2.75, 3.05) is 6.54 Å². The second-order valence-electron chi connectivity index (χ2n) is 8.79. The molecule has 0 aromatic heterocycles. The van der Waals surface area contributed by atoms with Crippen LogP contribution < -0.4 is 10.1 Å². The van der Waals surface area contributed by atoms with Gasteiger partial charge >= 0.3 is 0 Å². The van der Waals surface area contributed by atoms with E-state index in [9.17, 15) is 14.0 Å². The third kappa shape index (κ3) is 4.14. The van der Waals surface area contributed by atoms with Crippen LogP contribution in [-0.4, -0.2) is 24.3 Å². The zero-order valence-corrected chi connectivity index (χ0v) is 17.4. The van der Waals surface area contributed by atoms with Crippen molar-refractivity contribution in [2.24, 2.45) is 11.8 Å². The molecule has 2 unspecified atom stereocenters. The number of carbonyl (C=O) groups excluding carboxylic acids is 2. The third-order valence-electron chi connectivity index (χ3n) is 6.49. The first-order valence-corrected chi connectivity index (χ1v) is 11.2. The second kappa shape index (κ2) is 8.29. The topological polar surface area (TPSA) is 55.4 Å². The summed E-state index contributed by atoms with van der Waals surface area (Å²) in [5.74, 6) is 0.700. The van der Waals surface area contributed by atoms with Crippen LogP contribution in [-0.2, 0) is 11.2 Å². The maximum atomic E-state index is 14.5. The Morgan fingerprint density at radius 3 is 2.52 bits per heavy atom. The Hall–Kier alpha value is -2.95. The van der Waals surface area contributed by atoms with Crippen LogP contribution in [0.1, 0.15) is 48.0 Å². The fraction of sp³-hybridized carbons (Fsp3) is 0.385. The molecule has 0 spiro atoms. The zero-order valence-electron chi connectivity index (χ0n) is 17.4. The number of halogens is 1. The molecular formula is C26H26FNO3. The molecule has 31 heavy (non-hydrogen) atoms. The SMILES string of the molecule is O=C(NCC1Cc2c(F)ccc(-c3ccc(C(=O)C4CC4)cc3)c2O1)C1CC=CCC1. The summed E-state index contributed by atoms with van der Waals surface area (Å²) in [6.45, 7) is 0.363. The molecule has 1 aliphatic heterocycles. The average Bonchev–Trinajstić information content (AvgIpc) is 3.57. The Morgan fingerprint density at radius 1 is 1.00 bits per heavy atom. The summed E-state index contributed by atoms with van der Waals surface area (Å²) in [4.78, 5) is 24.7. The summed E-state index contributed by atoms with van der Waals surface area (Å²) in [5, 5.41) is 2.99. The van der Waals surface area contributed by atoms with Crippen LogP contribution >= 0.6 is 0 Å². The Morgan fingerprint density at radius 2 is 1.81 bits per heavy atom. The smallest absolute Gasteiger partial charge is 0.223 e. The number of Topliss-reactive ketones (excluding diaryl/α,β-unsaturated/α-hetero) is 1. The van der Waals surface area contributed by atoms with E-state index in [1.54, 1.807) is 6.07 Å². The number of fused-ring (bicyclic) bond motifs is 1. The minimum Gasteiger partial charge on any atom is -0.487 e. The lowest BCUT2D eigenvalue weighted by molar-refractivity contribution is -0.125. The van der Waals surface area contributed by atoms with Crippen molar-refractivity contribution in [2.45, 2.75) is 44.6 Å². The van der Waals surface area contributed by atoms with E-state index in [0.717, 1.165) is 48.8 Å². The predicted molar refractivity (Wildman–Crippen MR) is 117 cm³/mol. The molecule has 1 heterocycles. The number of allylic oxidation sites excluding steroid dienone is 2. The lowest BCUT2D eigenvalue weighted by Gasteiger charge is -2.19. The van der Waals surface area contributed by atoms with Crippen molar-refractivity contribution >= 4 is 11.7 Å². The monoisotopic (exact) mass is 419 g/mol. The number of hydrogen-bond acceptors (Lipinski definition) is 3. The first-order chi connectivity index (χ1) is 15.1. The molecule has 3 aliphatic rings. The van der Waals surface area contributed by atoms with E-state index in [4.69, 9.17) is 4.74 Å².